The van der Waals surface area contributed by atoms with Crippen LogP contribution < -0.4 is 20.6 Å². The van der Waals surface area contributed by atoms with Gasteiger partial charge in [0.15, 0.2) is 0 Å². The molecule has 30 heavy (non-hydrogen) atoms. The predicted molar refractivity (Wildman–Crippen MR) is 112 cm³/mol. The van der Waals surface area contributed by atoms with Crippen molar-refractivity contribution in [2.45, 2.75) is 6.92 Å². The van der Waals surface area contributed by atoms with E-state index in [-0.39, 0.29) is 30.2 Å². The summed E-state index contributed by atoms with van der Waals surface area (Å²) < 4.78 is 5.14. The summed E-state index contributed by atoms with van der Waals surface area (Å²) in [5.41, 5.74) is 2.73. The highest BCUT2D eigenvalue weighted by Crippen LogP contribution is 2.31. The average Bonchev–Trinajstić information content (AvgIpc) is 2.74. The molecule has 0 heterocycles. The average molecular weight is 407 g/mol. The molecule has 9 heteroatoms. The fourth-order valence-corrected chi connectivity index (χ4v) is 2.84. The molecule has 0 aliphatic heterocycles. The Morgan fingerprint density at radius 2 is 1.97 bits per heavy atom. The first-order chi connectivity index (χ1) is 14.5. The maximum atomic E-state index is 12.3. The summed E-state index contributed by atoms with van der Waals surface area (Å²) in [5, 5.41) is 32.1. The van der Waals surface area contributed by atoms with Crippen LogP contribution in [-0.2, 0) is 4.79 Å². The molecule has 0 spiro atoms. The lowest BCUT2D eigenvalue weighted by Gasteiger charge is -2.16. The van der Waals surface area contributed by atoms with Gasteiger partial charge in [-0.05, 0) is 23.9 Å². The number of nitro benzene ring substituents is 1. The molecule has 0 fully saturated rings. The van der Waals surface area contributed by atoms with E-state index in [4.69, 9.17) is 4.74 Å². The van der Waals surface area contributed by atoms with Gasteiger partial charge in [-0.25, -0.2) is 5.43 Å². The van der Waals surface area contributed by atoms with Gasteiger partial charge in [0.05, 0.1) is 30.4 Å². The van der Waals surface area contributed by atoms with Gasteiger partial charge < -0.3 is 15.2 Å². The Hall–Kier alpha value is -4.14. The van der Waals surface area contributed by atoms with Crippen LogP contribution in [0, 0.1) is 10.1 Å². The molecule has 0 aromatic heterocycles. The standard InChI is InChI=1S/C21H20N4O5/c1-2-30-19-11-16(25(28)29)10-15(21(19)27)12-23-24-20(26)13-22-18-9-5-7-14-6-3-4-8-17(14)18/h3-12,22,27H,2,13H2,1H3,(H,24,26)/p-1/b23-12-. The Kier molecular flexibility index (Phi) is 6.43. The van der Waals surface area contributed by atoms with Gasteiger partial charge in [0.1, 0.15) is 5.75 Å². The summed E-state index contributed by atoms with van der Waals surface area (Å²) in [7, 11) is 0. The van der Waals surface area contributed by atoms with Crippen molar-refractivity contribution >= 4 is 34.3 Å². The molecular weight excluding hydrogens is 388 g/mol. The molecule has 0 aliphatic carbocycles. The fraction of sp³-hybridized carbons (Fsp3) is 0.143. The first-order valence-corrected chi connectivity index (χ1v) is 9.15. The zero-order valence-electron chi connectivity index (χ0n) is 16.1. The Bertz CT molecular complexity index is 1110. The van der Waals surface area contributed by atoms with Gasteiger partial charge in [0.2, 0.25) is 0 Å². The first kappa shape index (κ1) is 20.6. The number of nitrogens with one attached hydrogen (secondary N) is 2. The topological polar surface area (TPSA) is 129 Å². The summed E-state index contributed by atoms with van der Waals surface area (Å²) in [6.45, 7) is 1.80. The van der Waals surface area contributed by atoms with E-state index < -0.39 is 16.6 Å². The van der Waals surface area contributed by atoms with Crippen molar-refractivity contribution in [3.63, 3.8) is 0 Å². The van der Waals surface area contributed by atoms with Gasteiger partial charge in [-0.2, -0.15) is 5.10 Å². The number of nitro groups is 1. The highest BCUT2D eigenvalue weighted by Gasteiger charge is 2.12. The van der Waals surface area contributed by atoms with Crippen LogP contribution in [0.25, 0.3) is 10.8 Å². The molecule has 3 aromatic rings. The Morgan fingerprint density at radius 1 is 1.20 bits per heavy atom. The van der Waals surface area contributed by atoms with Crippen molar-refractivity contribution in [2.24, 2.45) is 5.10 Å². The van der Waals surface area contributed by atoms with E-state index in [1.807, 2.05) is 42.5 Å². The summed E-state index contributed by atoms with van der Waals surface area (Å²) >= 11 is 0. The van der Waals surface area contributed by atoms with Gasteiger partial charge in [-0.1, -0.05) is 42.1 Å². The summed E-state index contributed by atoms with van der Waals surface area (Å²) in [6.07, 6.45) is 1.06. The summed E-state index contributed by atoms with van der Waals surface area (Å²) in [5.74, 6) is -1.13. The van der Waals surface area contributed by atoms with Crippen LogP contribution in [0.2, 0.25) is 0 Å². The van der Waals surface area contributed by atoms with Crippen molar-refractivity contribution in [1.29, 1.82) is 0 Å². The Labute approximate surface area is 172 Å². The Balaban J connectivity index is 1.66. The second-order valence-electron chi connectivity index (χ2n) is 6.23. The second kappa shape index (κ2) is 9.37. The lowest BCUT2D eigenvalue weighted by Crippen LogP contribution is -2.26. The lowest BCUT2D eigenvalue weighted by molar-refractivity contribution is -0.385. The van der Waals surface area contributed by atoms with E-state index in [1.54, 1.807) is 6.92 Å². The number of non-ortho nitro benzene ring substituents is 1. The van der Waals surface area contributed by atoms with Crippen LogP contribution in [-0.4, -0.2) is 30.2 Å². The smallest absolute Gasteiger partial charge is 0.273 e. The number of hydrogen-bond acceptors (Lipinski definition) is 7. The zero-order valence-corrected chi connectivity index (χ0v) is 16.1. The molecule has 3 rings (SSSR count). The van der Waals surface area contributed by atoms with E-state index in [2.05, 4.69) is 15.8 Å². The fourth-order valence-electron chi connectivity index (χ4n) is 2.84. The number of nitrogens with zero attached hydrogens (tertiary/aromatic N) is 2. The summed E-state index contributed by atoms with van der Waals surface area (Å²) in [4.78, 5) is 22.5. The third-order valence-corrected chi connectivity index (χ3v) is 4.20. The molecule has 3 aromatic carbocycles. The molecule has 0 saturated heterocycles. The number of fused-ring (bicyclic) bond motifs is 1. The lowest BCUT2D eigenvalue weighted by atomic mass is 10.1. The number of ether oxygens (including phenoxy) is 1. The van der Waals surface area contributed by atoms with E-state index in [9.17, 15) is 20.0 Å². The molecule has 0 atom stereocenters. The van der Waals surface area contributed by atoms with Crippen LogP contribution in [0.1, 0.15) is 12.5 Å². The van der Waals surface area contributed by atoms with Crippen LogP contribution >= 0.6 is 0 Å². The minimum Gasteiger partial charge on any atom is -0.870 e. The maximum absolute atomic E-state index is 12.3. The van der Waals surface area contributed by atoms with Crippen molar-refractivity contribution in [3.8, 4) is 11.5 Å². The minimum atomic E-state index is -0.633. The van der Waals surface area contributed by atoms with Gasteiger partial charge in [-0.3, -0.25) is 14.9 Å². The number of hydrazone groups is 1. The van der Waals surface area contributed by atoms with Gasteiger partial charge in [-0.15, -0.1) is 0 Å². The number of anilines is 1. The third-order valence-electron chi connectivity index (χ3n) is 4.20. The van der Waals surface area contributed by atoms with Crippen LogP contribution in [0.15, 0.2) is 59.7 Å². The number of carbonyl (C=O) groups excluding carboxylic acids is 1. The van der Waals surface area contributed by atoms with Gasteiger partial charge >= 0.3 is 0 Å². The molecule has 1 amide bonds. The van der Waals surface area contributed by atoms with Crippen molar-refractivity contribution in [3.05, 3.63) is 70.3 Å². The number of hydrogen-bond donors (Lipinski definition) is 2. The second-order valence-corrected chi connectivity index (χ2v) is 6.23. The van der Waals surface area contributed by atoms with Crippen molar-refractivity contribution in [2.75, 3.05) is 18.5 Å². The number of benzene rings is 3. The largest absolute Gasteiger partial charge is 0.870 e. The van der Waals surface area contributed by atoms with Crippen LogP contribution in [0.4, 0.5) is 11.4 Å². The zero-order chi connectivity index (χ0) is 21.5. The van der Waals surface area contributed by atoms with E-state index in [0.717, 1.165) is 34.8 Å². The predicted octanol–water partition coefficient (Wildman–Crippen LogP) is 2.78. The van der Waals surface area contributed by atoms with Crippen molar-refractivity contribution in [1.82, 2.24) is 5.43 Å². The molecule has 0 radical (unpaired) electrons. The van der Waals surface area contributed by atoms with Crippen LogP contribution in [0.3, 0.4) is 0 Å². The SMILES string of the molecule is CCOc1cc([N+](=O)[O-])cc(/C=N\NC(=O)CNc2cccc3ccccc23)c1[O-]. The number of carbonyl (C=O) groups is 1. The van der Waals surface area contributed by atoms with E-state index >= 15 is 0 Å². The quantitative estimate of drug-likeness (QED) is 0.336. The molecule has 154 valence electrons. The number of amides is 1. The highest BCUT2D eigenvalue weighted by atomic mass is 16.6. The van der Waals surface area contributed by atoms with E-state index in [1.165, 1.54) is 0 Å². The minimum absolute atomic E-state index is 0.0469. The monoisotopic (exact) mass is 407 g/mol. The molecule has 0 saturated carbocycles. The first-order valence-electron chi connectivity index (χ1n) is 9.15. The highest BCUT2D eigenvalue weighted by molar-refractivity contribution is 5.95. The van der Waals surface area contributed by atoms with Crippen LogP contribution in [0.5, 0.6) is 11.5 Å². The molecule has 0 bridgehead atoms. The van der Waals surface area contributed by atoms with Gasteiger partial charge in [0.25, 0.3) is 11.6 Å². The normalized spacial score (nSPS) is 10.8. The summed E-state index contributed by atoms with van der Waals surface area (Å²) in [6, 6.07) is 15.6. The van der Waals surface area contributed by atoms with Gasteiger partial charge in [0, 0.05) is 17.1 Å². The molecule has 2 N–H and O–H groups in total. The van der Waals surface area contributed by atoms with E-state index in [0.29, 0.717) is 0 Å². The third kappa shape index (κ3) is 4.82. The Morgan fingerprint density at radius 3 is 2.73 bits per heavy atom. The number of rotatable bonds is 8. The maximum Gasteiger partial charge on any atom is 0.273 e. The molecule has 0 unspecified atom stereocenters. The molecule has 9 nitrogen and oxygen atoms in total. The molecule has 0 aliphatic rings. The molecular formula is C21H19N4O5-. The van der Waals surface area contributed by atoms with Crippen molar-refractivity contribution < 1.29 is 19.6 Å².